The van der Waals surface area contributed by atoms with E-state index in [1.807, 2.05) is 12.1 Å². The number of hydrogen-bond acceptors (Lipinski definition) is 4. The lowest BCUT2D eigenvalue weighted by Crippen LogP contribution is -2.40. The Balaban J connectivity index is 1.54. The van der Waals surface area contributed by atoms with E-state index in [0.717, 1.165) is 18.8 Å². The molecule has 1 aliphatic rings. The van der Waals surface area contributed by atoms with Gasteiger partial charge in [0.05, 0.1) is 18.1 Å². The van der Waals surface area contributed by atoms with Crippen molar-refractivity contribution in [3.05, 3.63) is 53.5 Å². The van der Waals surface area contributed by atoms with Gasteiger partial charge in [-0.05, 0) is 63.5 Å². The first-order valence-electron chi connectivity index (χ1n) is 9.37. The molecule has 1 aliphatic heterocycles. The number of amides is 1. The average molecular weight is 373 g/mol. The second kappa shape index (κ2) is 9.28. The van der Waals surface area contributed by atoms with Gasteiger partial charge in [0, 0.05) is 11.4 Å². The van der Waals surface area contributed by atoms with Gasteiger partial charge >= 0.3 is 0 Å². The lowest BCUT2D eigenvalue weighted by atomic mass is 10.1. The van der Waals surface area contributed by atoms with Gasteiger partial charge in [-0.1, -0.05) is 24.1 Å². The highest BCUT2D eigenvalue weighted by Crippen LogP contribution is 2.25. The van der Waals surface area contributed by atoms with E-state index >= 15 is 0 Å². The largest absolute Gasteiger partial charge is 0.468 e. The summed E-state index contributed by atoms with van der Waals surface area (Å²) in [6.45, 7) is 6.90. The van der Waals surface area contributed by atoms with Gasteiger partial charge < -0.3 is 9.73 Å². The Morgan fingerprint density at radius 1 is 1.23 bits per heavy atom. The first kappa shape index (κ1) is 19.1. The van der Waals surface area contributed by atoms with Gasteiger partial charge in [-0.25, -0.2) is 0 Å². The number of piperidine rings is 1. The van der Waals surface area contributed by atoms with Crippen molar-refractivity contribution in [3.63, 3.8) is 0 Å². The van der Waals surface area contributed by atoms with Gasteiger partial charge in [-0.15, -0.1) is 11.8 Å². The molecule has 140 valence electrons. The van der Waals surface area contributed by atoms with Crippen LogP contribution in [0.15, 0.2) is 45.9 Å². The standard InChI is InChI=1S/C21H28N2O2S/c1-16-8-9-17(2)20(13-16)26-15-21(24)22-14-18(19-7-6-12-25-19)23-10-4-3-5-11-23/h6-9,12-13,18H,3-5,10-11,14-15H2,1-2H3,(H,22,24)/t18-/m1/s1. The van der Waals surface area contributed by atoms with E-state index in [2.05, 4.69) is 42.3 Å². The van der Waals surface area contributed by atoms with E-state index < -0.39 is 0 Å². The second-order valence-corrected chi connectivity index (χ2v) is 8.01. The SMILES string of the molecule is Cc1ccc(C)c(SCC(=O)NC[C@H](c2ccco2)N2CCCCC2)c1. The fraction of sp³-hybridized carbons (Fsp3) is 0.476. The average Bonchev–Trinajstić information content (AvgIpc) is 3.18. The molecule has 0 aliphatic carbocycles. The second-order valence-electron chi connectivity index (χ2n) is 6.99. The normalized spacial score (nSPS) is 16.4. The lowest BCUT2D eigenvalue weighted by molar-refractivity contribution is -0.118. The first-order valence-corrected chi connectivity index (χ1v) is 10.4. The Kier molecular flexibility index (Phi) is 6.80. The molecule has 1 atom stereocenters. The van der Waals surface area contributed by atoms with E-state index in [0.29, 0.717) is 12.3 Å². The predicted octanol–water partition coefficient (Wildman–Crippen LogP) is 4.33. The van der Waals surface area contributed by atoms with Crippen LogP contribution >= 0.6 is 11.8 Å². The lowest BCUT2D eigenvalue weighted by Gasteiger charge is -2.33. The van der Waals surface area contributed by atoms with Gasteiger partial charge in [0.25, 0.3) is 0 Å². The van der Waals surface area contributed by atoms with Crippen LogP contribution in [0.1, 0.15) is 42.2 Å². The number of rotatable bonds is 7. The molecule has 5 heteroatoms. The molecule has 1 amide bonds. The quantitative estimate of drug-likeness (QED) is 0.735. The molecule has 1 fully saturated rings. The van der Waals surface area contributed by atoms with Crippen LogP contribution in [0, 0.1) is 13.8 Å². The van der Waals surface area contributed by atoms with Crippen LogP contribution < -0.4 is 5.32 Å². The van der Waals surface area contributed by atoms with E-state index in [9.17, 15) is 4.79 Å². The van der Waals surface area contributed by atoms with Crippen LogP contribution in [-0.2, 0) is 4.79 Å². The third kappa shape index (κ3) is 5.15. The summed E-state index contributed by atoms with van der Waals surface area (Å²) >= 11 is 1.60. The molecular formula is C21H28N2O2S. The van der Waals surface area contributed by atoms with Crippen LogP contribution in [0.3, 0.4) is 0 Å². The maximum atomic E-state index is 12.4. The van der Waals surface area contributed by atoms with E-state index in [1.165, 1.54) is 35.3 Å². The fourth-order valence-electron chi connectivity index (χ4n) is 3.39. The van der Waals surface area contributed by atoms with Crippen LogP contribution in [0.25, 0.3) is 0 Å². The van der Waals surface area contributed by atoms with Crippen LogP contribution in [0.4, 0.5) is 0 Å². The topological polar surface area (TPSA) is 45.5 Å². The van der Waals surface area contributed by atoms with Crippen molar-refractivity contribution in [1.29, 1.82) is 0 Å². The van der Waals surface area contributed by atoms with Crippen LogP contribution in [0.5, 0.6) is 0 Å². The molecule has 1 aromatic carbocycles. The summed E-state index contributed by atoms with van der Waals surface area (Å²) in [4.78, 5) is 16.0. The number of nitrogens with zero attached hydrogens (tertiary/aromatic N) is 1. The van der Waals surface area contributed by atoms with Crippen molar-refractivity contribution in [2.45, 2.75) is 44.0 Å². The zero-order valence-corrected chi connectivity index (χ0v) is 16.5. The summed E-state index contributed by atoms with van der Waals surface area (Å²) in [6.07, 6.45) is 5.44. The van der Waals surface area contributed by atoms with Gasteiger partial charge in [0.2, 0.25) is 5.91 Å². The highest BCUT2D eigenvalue weighted by atomic mass is 32.2. The number of furan rings is 1. The Labute approximate surface area is 160 Å². The number of carbonyl (C=O) groups excluding carboxylic acids is 1. The number of aryl methyl sites for hydroxylation is 2. The third-order valence-corrected chi connectivity index (χ3v) is 6.06. The minimum Gasteiger partial charge on any atom is -0.468 e. The molecule has 2 aromatic rings. The van der Waals surface area contributed by atoms with E-state index in [4.69, 9.17) is 4.42 Å². The molecule has 1 saturated heterocycles. The predicted molar refractivity (Wildman–Crippen MR) is 107 cm³/mol. The van der Waals surface area contributed by atoms with Gasteiger partial charge in [0.1, 0.15) is 5.76 Å². The fourth-order valence-corrected chi connectivity index (χ4v) is 4.34. The number of carbonyl (C=O) groups is 1. The summed E-state index contributed by atoms with van der Waals surface area (Å²) in [5.41, 5.74) is 2.44. The molecule has 0 spiro atoms. The van der Waals surface area contributed by atoms with Crippen molar-refractivity contribution in [2.75, 3.05) is 25.4 Å². The summed E-state index contributed by atoms with van der Waals surface area (Å²) in [6, 6.07) is 10.4. The minimum atomic E-state index is 0.0736. The van der Waals surface area contributed by atoms with Gasteiger partial charge in [-0.3, -0.25) is 9.69 Å². The molecule has 1 N–H and O–H groups in total. The minimum absolute atomic E-state index is 0.0736. The van der Waals surface area contributed by atoms with Crippen molar-refractivity contribution in [1.82, 2.24) is 10.2 Å². The summed E-state index contributed by atoms with van der Waals surface area (Å²) < 4.78 is 5.64. The Morgan fingerprint density at radius 2 is 2.04 bits per heavy atom. The number of thioether (sulfide) groups is 1. The van der Waals surface area contributed by atoms with E-state index in [-0.39, 0.29) is 11.9 Å². The Morgan fingerprint density at radius 3 is 2.77 bits per heavy atom. The van der Waals surface area contributed by atoms with Crippen LogP contribution in [0.2, 0.25) is 0 Å². The Hall–Kier alpha value is -1.72. The molecule has 3 rings (SSSR count). The highest BCUT2D eigenvalue weighted by Gasteiger charge is 2.24. The van der Waals surface area contributed by atoms with Crippen molar-refractivity contribution >= 4 is 17.7 Å². The molecule has 0 saturated carbocycles. The molecule has 0 radical (unpaired) electrons. The number of nitrogens with one attached hydrogen (secondary N) is 1. The van der Waals surface area contributed by atoms with Gasteiger partial charge in [-0.2, -0.15) is 0 Å². The molecule has 0 bridgehead atoms. The molecule has 1 aromatic heterocycles. The number of hydrogen-bond donors (Lipinski definition) is 1. The first-order chi connectivity index (χ1) is 12.6. The third-order valence-electron chi connectivity index (χ3n) is 4.90. The maximum Gasteiger partial charge on any atom is 0.230 e. The number of benzene rings is 1. The summed E-state index contributed by atoms with van der Waals surface area (Å²) in [5.74, 6) is 1.45. The van der Waals surface area contributed by atoms with Crippen molar-refractivity contribution < 1.29 is 9.21 Å². The van der Waals surface area contributed by atoms with Gasteiger partial charge in [0.15, 0.2) is 0 Å². The Bertz CT molecular complexity index is 709. The van der Waals surface area contributed by atoms with Crippen molar-refractivity contribution in [3.8, 4) is 0 Å². The van der Waals surface area contributed by atoms with Crippen LogP contribution in [-0.4, -0.2) is 36.2 Å². The number of likely N-dealkylation sites (tertiary alicyclic amines) is 1. The molecule has 26 heavy (non-hydrogen) atoms. The van der Waals surface area contributed by atoms with Crippen molar-refractivity contribution in [2.24, 2.45) is 0 Å². The summed E-state index contributed by atoms with van der Waals surface area (Å²) in [5, 5.41) is 3.11. The molecular weight excluding hydrogens is 344 g/mol. The zero-order chi connectivity index (χ0) is 18.4. The van der Waals surface area contributed by atoms with E-state index in [1.54, 1.807) is 18.0 Å². The maximum absolute atomic E-state index is 12.4. The monoisotopic (exact) mass is 372 g/mol. The smallest absolute Gasteiger partial charge is 0.230 e. The zero-order valence-electron chi connectivity index (χ0n) is 15.7. The summed E-state index contributed by atoms with van der Waals surface area (Å²) in [7, 11) is 0. The highest BCUT2D eigenvalue weighted by molar-refractivity contribution is 8.00. The molecule has 0 unspecified atom stereocenters. The molecule has 2 heterocycles. The molecule has 4 nitrogen and oxygen atoms in total.